The summed E-state index contributed by atoms with van der Waals surface area (Å²) < 4.78 is 18.5. The number of anilines is 1. The van der Waals surface area contributed by atoms with E-state index in [-0.39, 0.29) is 11.7 Å². The Morgan fingerprint density at radius 2 is 1.84 bits per heavy atom. The second-order valence-corrected chi connectivity index (χ2v) is 8.13. The van der Waals surface area contributed by atoms with Crippen LogP contribution in [-0.2, 0) is 4.79 Å². The van der Waals surface area contributed by atoms with Crippen LogP contribution in [0.5, 0.6) is 5.75 Å². The standard InChI is InChI=1S/C25H34FN3O2/c1-21-7-4-9-23(19-21)29-16-14-28(15-17-29)13-3-2-12-27-25(30)11-6-18-31-24-10-5-8-22(26)20-24/h4-5,7-10,19-20H,2-3,6,11-18H2,1H3,(H,27,30). The van der Waals surface area contributed by atoms with Crippen LogP contribution in [-0.4, -0.2) is 56.7 Å². The predicted octanol–water partition coefficient (Wildman–Crippen LogP) is 4.01. The number of amides is 1. The Hall–Kier alpha value is -2.60. The third-order valence-corrected chi connectivity index (χ3v) is 5.58. The molecule has 1 amide bonds. The van der Waals surface area contributed by atoms with Crippen molar-refractivity contribution < 1.29 is 13.9 Å². The van der Waals surface area contributed by atoms with E-state index in [1.54, 1.807) is 12.1 Å². The summed E-state index contributed by atoms with van der Waals surface area (Å²) in [6.45, 7) is 8.66. The number of hydrogen-bond donors (Lipinski definition) is 1. The zero-order valence-corrected chi connectivity index (χ0v) is 18.5. The zero-order valence-electron chi connectivity index (χ0n) is 18.5. The van der Waals surface area contributed by atoms with Gasteiger partial charge in [-0.15, -0.1) is 0 Å². The number of nitrogens with zero attached hydrogens (tertiary/aromatic N) is 2. The molecule has 168 valence electrons. The number of nitrogens with one attached hydrogen (secondary N) is 1. The largest absolute Gasteiger partial charge is 0.493 e. The molecule has 2 aromatic rings. The fourth-order valence-electron chi connectivity index (χ4n) is 3.81. The molecule has 1 fully saturated rings. The average molecular weight is 428 g/mol. The number of piperazine rings is 1. The first-order valence-electron chi connectivity index (χ1n) is 11.3. The smallest absolute Gasteiger partial charge is 0.220 e. The van der Waals surface area contributed by atoms with Crippen molar-refractivity contribution in [2.24, 2.45) is 0 Å². The Morgan fingerprint density at radius 1 is 1.03 bits per heavy atom. The van der Waals surface area contributed by atoms with Crippen molar-refractivity contribution in [2.45, 2.75) is 32.6 Å². The number of carbonyl (C=O) groups is 1. The Balaban J connectivity index is 1.19. The van der Waals surface area contributed by atoms with Gasteiger partial charge in [-0.25, -0.2) is 4.39 Å². The third kappa shape index (κ3) is 8.21. The van der Waals surface area contributed by atoms with Crippen molar-refractivity contribution in [1.82, 2.24) is 10.2 Å². The maximum atomic E-state index is 13.1. The number of unbranched alkanes of at least 4 members (excludes halogenated alkanes) is 1. The Kier molecular flexibility index (Phi) is 9.16. The minimum absolute atomic E-state index is 0.0506. The summed E-state index contributed by atoms with van der Waals surface area (Å²) >= 11 is 0. The summed E-state index contributed by atoms with van der Waals surface area (Å²) in [6, 6.07) is 14.8. The van der Waals surface area contributed by atoms with E-state index in [2.05, 4.69) is 46.3 Å². The molecule has 0 bridgehead atoms. The van der Waals surface area contributed by atoms with Crippen LogP contribution in [0.25, 0.3) is 0 Å². The van der Waals surface area contributed by atoms with E-state index >= 15 is 0 Å². The molecule has 0 aromatic heterocycles. The van der Waals surface area contributed by atoms with E-state index in [4.69, 9.17) is 4.74 Å². The van der Waals surface area contributed by atoms with Gasteiger partial charge in [-0.3, -0.25) is 9.69 Å². The number of ether oxygens (including phenoxy) is 1. The summed E-state index contributed by atoms with van der Waals surface area (Å²) in [5.74, 6) is 0.234. The van der Waals surface area contributed by atoms with Gasteiger partial charge < -0.3 is 15.0 Å². The van der Waals surface area contributed by atoms with Gasteiger partial charge in [0.15, 0.2) is 0 Å². The van der Waals surface area contributed by atoms with E-state index in [0.717, 1.165) is 45.6 Å². The number of aryl methyl sites for hydroxylation is 1. The molecule has 5 nitrogen and oxygen atoms in total. The van der Waals surface area contributed by atoms with Crippen LogP contribution < -0.4 is 15.0 Å². The molecular weight excluding hydrogens is 393 g/mol. The molecule has 1 aliphatic rings. The van der Waals surface area contributed by atoms with Crippen LogP contribution >= 0.6 is 0 Å². The second-order valence-electron chi connectivity index (χ2n) is 8.13. The van der Waals surface area contributed by atoms with Crippen LogP contribution in [0.2, 0.25) is 0 Å². The first-order chi connectivity index (χ1) is 15.1. The van der Waals surface area contributed by atoms with Gasteiger partial charge in [-0.05, 0) is 62.6 Å². The summed E-state index contributed by atoms with van der Waals surface area (Å²) in [7, 11) is 0. The summed E-state index contributed by atoms with van der Waals surface area (Å²) in [4.78, 5) is 16.9. The molecule has 0 saturated carbocycles. The van der Waals surface area contributed by atoms with E-state index < -0.39 is 0 Å². The maximum Gasteiger partial charge on any atom is 0.220 e. The first-order valence-corrected chi connectivity index (χ1v) is 11.3. The van der Waals surface area contributed by atoms with Gasteiger partial charge in [-0.1, -0.05) is 18.2 Å². The van der Waals surface area contributed by atoms with Crippen molar-refractivity contribution >= 4 is 11.6 Å². The second kappa shape index (κ2) is 12.3. The monoisotopic (exact) mass is 427 g/mol. The lowest BCUT2D eigenvalue weighted by Gasteiger charge is -2.36. The molecule has 3 rings (SSSR count). The Labute approximate surface area is 185 Å². The molecule has 1 N–H and O–H groups in total. The fraction of sp³-hybridized carbons (Fsp3) is 0.480. The van der Waals surface area contributed by atoms with Gasteiger partial charge in [0.25, 0.3) is 0 Å². The molecule has 6 heteroatoms. The SMILES string of the molecule is Cc1cccc(N2CCN(CCCCNC(=O)CCCOc3cccc(F)c3)CC2)c1. The van der Waals surface area contributed by atoms with Gasteiger partial charge in [0.1, 0.15) is 11.6 Å². The lowest BCUT2D eigenvalue weighted by molar-refractivity contribution is -0.121. The van der Waals surface area contributed by atoms with Gasteiger partial charge in [-0.2, -0.15) is 0 Å². The van der Waals surface area contributed by atoms with Gasteiger partial charge in [0.2, 0.25) is 5.91 Å². The molecule has 1 saturated heterocycles. The first kappa shape index (κ1) is 23.1. The van der Waals surface area contributed by atoms with E-state index in [9.17, 15) is 9.18 Å². The van der Waals surface area contributed by atoms with Crippen LogP contribution in [0, 0.1) is 12.7 Å². The van der Waals surface area contributed by atoms with Gasteiger partial charge in [0, 0.05) is 50.9 Å². The molecule has 0 radical (unpaired) electrons. The van der Waals surface area contributed by atoms with Crippen molar-refractivity contribution in [3.63, 3.8) is 0 Å². The Bertz CT molecular complexity index is 822. The highest BCUT2D eigenvalue weighted by Gasteiger charge is 2.16. The van der Waals surface area contributed by atoms with Crippen molar-refractivity contribution in [3.05, 3.63) is 59.9 Å². The highest BCUT2D eigenvalue weighted by molar-refractivity contribution is 5.75. The lowest BCUT2D eigenvalue weighted by Crippen LogP contribution is -2.46. The van der Waals surface area contributed by atoms with Crippen molar-refractivity contribution in [3.8, 4) is 5.75 Å². The topological polar surface area (TPSA) is 44.8 Å². The summed E-state index contributed by atoms with van der Waals surface area (Å²) in [5, 5.41) is 2.98. The normalized spacial score (nSPS) is 14.5. The van der Waals surface area contributed by atoms with Crippen molar-refractivity contribution in [1.29, 1.82) is 0 Å². The zero-order chi connectivity index (χ0) is 21.9. The van der Waals surface area contributed by atoms with Gasteiger partial charge >= 0.3 is 0 Å². The quantitative estimate of drug-likeness (QED) is 0.551. The fourth-order valence-corrected chi connectivity index (χ4v) is 3.81. The summed E-state index contributed by atoms with van der Waals surface area (Å²) in [6.07, 6.45) is 3.13. The molecule has 31 heavy (non-hydrogen) atoms. The summed E-state index contributed by atoms with van der Waals surface area (Å²) in [5.41, 5.74) is 2.63. The lowest BCUT2D eigenvalue weighted by atomic mass is 10.2. The molecule has 1 aliphatic heterocycles. The number of halogens is 1. The Morgan fingerprint density at radius 3 is 2.61 bits per heavy atom. The maximum absolute atomic E-state index is 13.1. The average Bonchev–Trinajstić information content (AvgIpc) is 2.77. The van der Waals surface area contributed by atoms with Gasteiger partial charge in [0.05, 0.1) is 6.61 Å². The van der Waals surface area contributed by atoms with Crippen LogP contribution in [0.4, 0.5) is 10.1 Å². The molecular formula is C25H34FN3O2. The van der Waals surface area contributed by atoms with Crippen LogP contribution in [0.3, 0.4) is 0 Å². The highest BCUT2D eigenvalue weighted by atomic mass is 19.1. The molecule has 0 spiro atoms. The number of hydrogen-bond acceptors (Lipinski definition) is 4. The molecule has 0 aliphatic carbocycles. The minimum atomic E-state index is -0.316. The molecule has 1 heterocycles. The van der Waals surface area contributed by atoms with E-state index in [1.807, 2.05) is 0 Å². The third-order valence-electron chi connectivity index (χ3n) is 5.58. The number of carbonyl (C=O) groups excluding carboxylic acids is 1. The van der Waals surface area contributed by atoms with E-state index in [0.29, 0.717) is 31.7 Å². The van der Waals surface area contributed by atoms with Crippen LogP contribution in [0.1, 0.15) is 31.2 Å². The predicted molar refractivity (Wildman–Crippen MR) is 123 cm³/mol. The van der Waals surface area contributed by atoms with Crippen molar-refractivity contribution in [2.75, 3.05) is 50.8 Å². The highest BCUT2D eigenvalue weighted by Crippen LogP contribution is 2.18. The molecule has 0 unspecified atom stereocenters. The number of rotatable bonds is 11. The molecule has 2 aromatic carbocycles. The van der Waals surface area contributed by atoms with Crippen LogP contribution in [0.15, 0.2) is 48.5 Å². The number of benzene rings is 2. The minimum Gasteiger partial charge on any atom is -0.493 e. The molecule has 0 atom stereocenters. The van der Waals surface area contributed by atoms with E-state index in [1.165, 1.54) is 23.4 Å².